The van der Waals surface area contributed by atoms with Crippen molar-refractivity contribution in [2.75, 3.05) is 6.54 Å². The van der Waals surface area contributed by atoms with Crippen LogP contribution in [0.2, 0.25) is 0 Å². The summed E-state index contributed by atoms with van der Waals surface area (Å²) in [5.41, 5.74) is 6.92. The van der Waals surface area contributed by atoms with Crippen molar-refractivity contribution in [3.8, 4) is 0 Å². The number of pyridine rings is 1. The number of aliphatic hydroxyl groups is 1. The summed E-state index contributed by atoms with van der Waals surface area (Å²) in [6, 6.07) is 3.93. The standard InChI is InChI=1S/C16H26N2O/c17-11-15(14-8-5-9-18-12-14)16(19)10-13-6-3-1-2-4-7-13/h5,8-9,12-13,15-16,19H,1-4,6-7,10-11,17H2. The fourth-order valence-electron chi connectivity index (χ4n) is 3.22. The Labute approximate surface area is 116 Å². The van der Waals surface area contributed by atoms with Gasteiger partial charge in [0.2, 0.25) is 0 Å². The molecule has 1 aliphatic carbocycles. The molecule has 1 aliphatic rings. The number of nitrogens with zero attached hydrogens (tertiary/aromatic N) is 1. The monoisotopic (exact) mass is 262 g/mol. The fraction of sp³-hybridized carbons (Fsp3) is 0.688. The average molecular weight is 262 g/mol. The molecule has 1 aromatic rings. The summed E-state index contributed by atoms with van der Waals surface area (Å²) in [6.45, 7) is 0.486. The second-order valence-electron chi connectivity index (χ2n) is 5.79. The maximum Gasteiger partial charge on any atom is 0.0624 e. The molecule has 1 aromatic heterocycles. The Balaban J connectivity index is 1.94. The Hall–Kier alpha value is -0.930. The van der Waals surface area contributed by atoms with Crippen LogP contribution in [0.1, 0.15) is 56.4 Å². The Morgan fingerprint density at radius 1 is 1.26 bits per heavy atom. The zero-order valence-electron chi connectivity index (χ0n) is 11.7. The number of hydrogen-bond acceptors (Lipinski definition) is 3. The average Bonchev–Trinajstić information content (AvgIpc) is 2.69. The highest BCUT2D eigenvalue weighted by atomic mass is 16.3. The van der Waals surface area contributed by atoms with Crippen LogP contribution >= 0.6 is 0 Å². The number of nitrogens with two attached hydrogens (primary N) is 1. The quantitative estimate of drug-likeness (QED) is 0.802. The lowest BCUT2D eigenvalue weighted by atomic mass is 9.85. The van der Waals surface area contributed by atoms with Crippen molar-refractivity contribution in [1.82, 2.24) is 4.98 Å². The van der Waals surface area contributed by atoms with Gasteiger partial charge in [-0.25, -0.2) is 0 Å². The van der Waals surface area contributed by atoms with Crippen LogP contribution in [-0.4, -0.2) is 22.7 Å². The lowest BCUT2D eigenvalue weighted by Gasteiger charge is -2.25. The van der Waals surface area contributed by atoms with Crippen molar-refractivity contribution < 1.29 is 5.11 Å². The van der Waals surface area contributed by atoms with E-state index < -0.39 is 0 Å². The van der Waals surface area contributed by atoms with Crippen molar-refractivity contribution in [2.24, 2.45) is 11.7 Å². The normalized spacial score (nSPS) is 20.7. The SMILES string of the molecule is NCC(c1cccnc1)C(O)CC1CCCCCC1. The Morgan fingerprint density at radius 3 is 2.58 bits per heavy atom. The molecule has 0 saturated heterocycles. The molecule has 106 valence electrons. The summed E-state index contributed by atoms with van der Waals surface area (Å²) in [5, 5.41) is 10.5. The molecule has 3 N–H and O–H groups in total. The molecular weight excluding hydrogens is 236 g/mol. The topological polar surface area (TPSA) is 59.1 Å². The van der Waals surface area contributed by atoms with Gasteiger partial charge in [0.15, 0.2) is 0 Å². The van der Waals surface area contributed by atoms with Crippen LogP contribution in [0.15, 0.2) is 24.5 Å². The highest BCUT2D eigenvalue weighted by molar-refractivity contribution is 5.16. The first kappa shape index (κ1) is 14.5. The zero-order valence-corrected chi connectivity index (χ0v) is 11.7. The third-order valence-corrected chi connectivity index (χ3v) is 4.38. The molecule has 3 heteroatoms. The first-order chi connectivity index (χ1) is 9.31. The molecular formula is C16H26N2O. The van der Waals surface area contributed by atoms with E-state index in [1.54, 1.807) is 6.20 Å². The third-order valence-electron chi connectivity index (χ3n) is 4.38. The lowest BCUT2D eigenvalue weighted by Crippen LogP contribution is -2.28. The van der Waals surface area contributed by atoms with E-state index in [0.29, 0.717) is 12.5 Å². The summed E-state index contributed by atoms with van der Waals surface area (Å²) < 4.78 is 0. The molecule has 2 rings (SSSR count). The van der Waals surface area contributed by atoms with Gasteiger partial charge in [-0.15, -0.1) is 0 Å². The van der Waals surface area contributed by atoms with Gasteiger partial charge in [0, 0.05) is 24.9 Å². The molecule has 0 spiro atoms. The minimum absolute atomic E-state index is 0.0250. The van der Waals surface area contributed by atoms with Crippen LogP contribution in [0.25, 0.3) is 0 Å². The van der Waals surface area contributed by atoms with Crippen molar-refractivity contribution in [3.05, 3.63) is 30.1 Å². The molecule has 3 nitrogen and oxygen atoms in total. The minimum Gasteiger partial charge on any atom is -0.392 e. The van der Waals surface area contributed by atoms with Gasteiger partial charge < -0.3 is 10.8 Å². The predicted octanol–water partition coefficient (Wildman–Crippen LogP) is 2.85. The molecule has 0 bridgehead atoms. The highest BCUT2D eigenvalue weighted by Crippen LogP contribution is 2.30. The molecule has 1 heterocycles. The highest BCUT2D eigenvalue weighted by Gasteiger charge is 2.24. The Bertz CT molecular complexity index is 347. The van der Waals surface area contributed by atoms with Crippen LogP contribution in [0.3, 0.4) is 0 Å². The summed E-state index contributed by atoms with van der Waals surface area (Å²) in [6.07, 6.45) is 12.0. The Kier molecular flexibility index (Phi) is 5.80. The summed E-state index contributed by atoms with van der Waals surface area (Å²) in [4.78, 5) is 4.13. The van der Waals surface area contributed by atoms with Crippen molar-refractivity contribution >= 4 is 0 Å². The van der Waals surface area contributed by atoms with E-state index in [0.717, 1.165) is 12.0 Å². The largest absolute Gasteiger partial charge is 0.392 e. The lowest BCUT2D eigenvalue weighted by molar-refractivity contribution is 0.111. The van der Waals surface area contributed by atoms with E-state index in [4.69, 9.17) is 5.73 Å². The van der Waals surface area contributed by atoms with Crippen LogP contribution in [0.5, 0.6) is 0 Å². The molecule has 0 amide bonds. The summed E-state index contributed by atoms with van der Waals surface area (Å²) >= 11 is 0. The minimum atomic E-state index is -0.336. The van der Waals surface area contributed by atoms with E-state index >= 15 is 0 Å². The van der Waals surface area contributed by atoms with Gasteiger partial charge >= 0.3 is 0 Å². The van der Waals surface area contributed by atoms with E-state index in [-0.39, 0.29) is 12.0 Å². The van der Waals surface area contributed by atoms with Crippen molar-refractivity contribution in [1.29, 1.82) is 0 Å². The summed E-state index contributed by atoms with van der Waals surface area (Å²) in [7, 11) is 0. The molecule has 2 atom stereocenters. The van der Waals surface area contributed by atoms with Crippen molar-refractivity contribution in [2.45, 2.75) is 57.0 Å². The van der Waals surface area contributed by atoms with E-state index in [1.807, 2.05) is 18.3 Å². The molecule has 1 fully saturated rings. The van der Waals surface area contributed by atoms with Gasteiger partial charge in [-0.1, -0.05) is 44.6 Å². The number of aromatic nitrogens is 1. The van der Waals surface area contributed by atoms with Crippen LogP contribution in [0.4, 0.5) is 0 Å². The number of rotatable bonds is 5. The predicted molar refractivity (Wildman–Crippen MR) is 77.8 cm³/mol. The molecule has 0 aromatic carbocycles. The molecule has 0 aliphatic heterocycles. The molecule has 0 radical (unpaired) electrons. The molecule has 2 unspecified atom stereocenters. The zero-order chi connectivity index (χ0) is 13.5. The van der Waals surface area contributed by atoms with E-state index in [9.17, 15) is 5.11 Å². The van der Waals surface area contributed by atoms with Gasteiger partial charge in [-0.05, 0) is 24.0 Å². The molecule has 19 heavy (non-hydrogen) atoms. The maximum absolute atomic E-state index is 10.5. The Morgan fingerprint density at radius 2 is 2.00 bits per heavy atom. The maximum atomic E-state index is 10.5. The third kappa shape index (κ3) is 4.29. The smallest absolute Gasteiger partial charge is 0.0624 e. The number of hydrogen-bond donors (Lipinski definition) is 2. The first-order valence-electron chi connectivity index (χ1n) is 7.59. The van der Waals surface area contributed by atoms with Crippen LogP contribution in [-0.2, 0) is 0 Å². The van der Waals surface area contributed by atoms with Crippen molar-refractivity contribution in [3.63, 3.8) is 0 Å². The van der Waals surface area contributed by atoms with E-state index in [1.165, 1.54) is 38.5 Å². The summed E-state index contributed by atoms with van der Waals surface area (Å²) in [5.74, 6) is 0.695. The van der Waals surface area contributed by atoms with Gasteiger partial charge in [0.1, 0.15) is 0 Å². The second-order valence-corrected chi connectivity index (χ2v) is 5.79. The number of aliphatic hydroxyl groups excluding tert-OH is 1. The van der Waals surface area contributed by atoms with Gasteiger partial charge in [0.25, 0.3) is 0 Å². The van der Waals surface area contributed by atoms with Gasteiger partial charge in [0.05, 0.1) is 6.10 Å². The fourth-order valence-corrected chi connectivity index (χ4v) is 3.22. The van der Waals surface area contributed by atoms with Gasteiger partial charge in [-0.2, -0.15) is 0 Å². The van der Waals surface area contributed by atoms with Gasteiger partial charge in [-0.3, -0.25) is 4.98 Å². The second kappa shape index (κ2) is 7.61. The van der Waals surface area contributed by atoms with Crippen LogP contribution in [0, 0.1) is 5.92 Å². The first-order valence-corrected chi connectivity index (χ1v) is 7.59. The van der Waals surface area contributed by atoms with Crippen LogP contribution < -0.4 is 5.73 Å². The molecule has 1 saturated carbocycles. The van der Waals surface area contributed by atoms with E-state index in [2.05, 4.69) is 4.98 Å².